The number of anilines is 1. The van der Waals surface area contributed by atoms with E-state index in [2.05, 4.69) is 58.1 Å². The monoisotopic (exact) mass is 217 g/mol. The van der Waals surface area contributed by atoms with Crippen molar-refractivity contribution in [2.75, 3.05) is 11.9 Å². The van der Waals surface area contributed by atoms with Gasteiger partial charge in [0.25, 0.3) is 0 Å². The number of benzene rings is 1. The Labute approximate surface area is 99.3 Å². The van der Waals surface area contributed by atoms with Crippen LogP contribution in [0.4, 0.5) is 5.69 Å². The van der Waals surface area contributed by atoms with E-state index in [1.54, 1.807) is 0 Å². The van der Waals surface area contributed by atoms with E-state index >= 15 is 0 Å². The third-order valence-electron chi connectivity index (χ3n) is 3.88. The van der Waals surface area contributed by atoms with E-state index in [0.717, 1.165) is 12.5 Å². The van der Waals surface area contributed by atoms with Gasteiger partial charge in [-0.2, -0.15) is 0 Å². The Hall–Kier alpha value is -0.980. The van der Waals surface area contributed by atoms with E-state index in [-0.39, 0.29) is 5.41 Å². The lowest BCUT2D eigenvalue weighted by atomic mass is 9.80. The van der Waals surface area contributed by atoms with Crippen LogP contribution in [0.2, 0.25) is 0 Å². The molecule has 0 bridgehead atoms. The van der Waals surface area contributed by atoms with Gasteiger partial charge in [0.1, 0.15) is 0 Å². The summed E-state index contributed by atoms with van der Waals surface area (Å²) in [4.78, 5) is 0. The van der Waals surface area contributed by atoms with Crippen molar-refractivity contribution >= 4 is 5.69 Å². The van der Waals surface area contributed by atoms with Crippen LogP contribution in [0, 0.1) is 5.92 Å². The molecule has 88 valence electrons. The maximum Gasteiger partial charge on any atom is 0.0375 e. The average molecular weight is 217 g/mol. The van der Waals surface area contributed by atoms with E-state index in [0.29, 0.717) is 5.92 Å². The number of nitrogens with one attached hydrogen (secondary N) is 1. The summed E-state index contributed by atoms with van der Waals surface area (Å²) in [5, 5.41) is 3.52. The minimum atomic E-state index is 0.245. The summed E-state index contributed by atoms with van der Waals surface area (Å²) in [6.07, 6.45) is 0. The fourth-order valence-corrected chi connectivity index (χ4v) is 2.32. The fourth-order valence-electron chi connectivity index (χ4n) is 2.32. The highest BCUT2D eigenvalue weighted by atomic mass is 14.9. The lowest BCUT2D eigenvalue weighted by Gasteiger charge is -2.31. The predicted octanol–water partition coefficient (Wildman–Crippen LogP) is 4.15. The molecule has 1 nitrogen and oxygen atoms in total. The van der Waals surface area contributed by atoms with Crippen molar-refractivity contribution in [3.63, 3.8) is 0 Å². The van der Waals surface area contributed by atoms with E-state index in [9.17, 15) is 0 Å². The zero-order chi connectivity index (χ0) is 11.9. The molecule has 2 unspecified atom stereocenters. The van der Waals surface area contributed by atoms with E-state index in [1.165, 1.54) is 16.8 Å². The molecule has 0 saturated carbocycles. The van der Waals surface area contributed by atoms with Gasteiger partial charge in [-0.1, -0.05) is 46.8 Å². The first-order valence-corrected chi connectivity index (χ1v) is 6.28. The van der Waals surface area contributed by atoms with Gasteiger partial charge < -0.3 is 5.32 Å². The van der Waals surface area contributed by atoms with Crippen molar-refractivity contribution in [2.45, 2.75) is 46.0 Å². The third kappa shape index (κ3) is 1.95. The molecule has 0 spiro atoms. The van der Waals surface area contributed by atoms with Gasteiger partial charge in [0.15, 0.2) is 0 Å². The summed E-state index contributed by atoms with van der Waals surface area (Å²) in [5.41, 5.74) is 4.51. The summed E-state index contributed by atoms with van der Waals surface area (Å²) >= 11 is 0. The number of fused-ring (bicyclic) bond motifs is 1. The van der Waals surface area contributed by atoms with Gasteiger partial charge in [-0.15, -0.1) is 0 Å². The SMILES string of the molecule is CC1CNc2ccc(C(C)(C)C)cc2C1C. The maximum atomic E-state index is 3.52. The van der Waals surface area contributed by atoms with Gasteiger partial charge >= 0.3 is 0 Å². The minimum Gasteiger partial charge on any atom is -0.385 e. The molecule has 1 aliphatic heterocycles. The smallest absolute Gasteiger partial charge is 0.0375 e. The van der Waals surface area contributed by atoms with E-state index in [4.69, 9.17) is 0 Å². The molecular formula is C15H23N. The second-order valence-electron chi connectivity index (χ2n) is 6.20. The molecule has 0 aromatic heterocycles. The molecule has 1 N–H and O–H groups in total. The minimum absolute atomic E-state index is 0.245. The van der Waals surface area contributed by atoms with Gasteiger partial charge in [-0.25, -0.2) is 0 Å². The molecule has 0 fully saturated rings. The first-order valence-electron chi connectivity index (χ1n) is 6.28. The van der Waals surface area contributed by atoms with Gasteiger partial charge in [0, 0.05) is 12.2 Å². The molecule has 1 aliphatic rings. The highest BCUT2D eigenvalue weighted by Crippen LogP contribution is 2.37. The Kier molecular flexibility index (Phi) is 2.73. The first kappa shape index (κ1) is 11.5. The zero-order valence-corrected chi connectivity index (χ0v) is 11.1. The molecule has 1 aromatic rings. The molecule has 16 heavy (non-hydrogen) atoms. The molecule has 2 rings (SSSR count). The van der Waals surface area contributed by atoms with Crippen molar-refractivity contribution in [1.82, 2.24) is 0 Å². The molecule has 1 heteroatoms. The Morgan fingerprint density at radius 1 is 1.19 bits per heavy atom. The lowest BCUT2D eigenvalue weighted by molar-refractivity contribution is 0.494. The van der Waals surface area contributed by atoms with Crippen LogP contribution in [0.15, 0.2) is 18.2 Å². The molecule has 2 atom stereocenters. The fraction of sp³-hybridized carbons (Fsp3) is 0.600. The summed E-state index contributed by atoms with van der Waals surface area (Å²) in [6.45, 7) is 12.6. The molecule has 1 heterocycles. The maximum absolute atomic E-state index is 3.52. The van der Waals surface area contributed by atoms with Crippen LogP contribution in [0.3, 0.4) is 0 Å². The summed E-state index contributed by atoms with van der Waals surface area (Å²) in [7, 11) is 0. The van der Waals surface area contributed by atoms with Gasteiger partial charge in [0.05, 0.1) is 0 Å². The normalized spacial score (nSPS) is 24.8. The van der Waals surface area contributed by atoms with Gasteiger partial charge in [0.2, 0.25) is 0 Å². The van der Waals surface area contributed by atoms with Gasteiger partial charge in [-0.3, -0.25) is 0 Å². The summed E-state index contributed by atoms with van der Waals surface area (Å²) in [6, 6.07) is 6.90. The zero-order valence-electron chi connectivity index (χ0n) is 11.1. The first-order chi connectivity index (χ1) is 7.39. The predicted molar refractivity (Wildman–Crippen MR) is 71.2 cm³/mol. The van der Waals surface area contributed by atoms with Crippen molar-refractivity contribution in [2.24, 2.45) is 5.92 Å². The number of hydrogen-bond donors (Lipinski definition) is 1. The van der Waals surface area contributed by atoms with Crippen molar-refractivity contribution in [3.8, 4) is 0 Å². The molecule has 0 saturated heterocycles. The van der Waals surface area contributed by atoms with Gasteiger partial charge in [-0.05, 0) is 34.4 Å². The largest absolute Gasteiger partial charge is 0.385 e. The van der Waals surface area contributed by atoms with Crippen LogP contribution in [0.1, 0.15) is 51.7 Å². The quantitative estimate of drug-likeness (QED) is 0.688. The topological polar surface area (TPSA) is 12.0 Å². The van der Waals surface area contributed by atoms with Crippen molar-refractivity contribution < 1.29 is 0 Å². The molecular weight excluding hydrogens is 194 g/mol. The van der Waals surface area contributed by atoms with Crippen LogP contribution >= 0.6 is 0 Å². The van der Waals surface area contributed by atoms with Crippen LogP contribution < -0.4 is 5.32 Å². The summed E-state index contributed by atoms with van der Waals surface area (Å²) in [5.74, 6) is 1.39. The number of hydrogen-bond acceptors (Lipinski definition) is 1. The second kappa shape index (κ2) is 3.80. The third-order valence-corrected chi connectivity index (χ3v) is 3.88. The second-order valence-corrected chi connectivity index (χ2v) is 6.20. The Balaban J connectivity index is 2.45. The van der Waals surface area contributed by atoms with Crippen molar-refractivity contribution in [1.29, 1.82) is 0 Å². The number of rotatable bonds is 0. The van der Waals surface area contributed by atoms with Crippen molar-refractivity contribution in [3.05, 3.63) is 29.3 Å². The van der Waals surface area contributed by atoms with Crippen LogP contribution in [0.5, 0.6) is 0 Å². The molecule has 0 amide bonds. The van der Waals surface area contributed by atoms with Crippen LogP contribution in [0.25, 0.3) is 0 Å². The average Bonchev–Trinajstić information content (AvgIpc) is 2.22. The summed E-state index contributed by atoms with van der Waals surface area (Å²) < 4.78 is 0. The Morgan fingerprint density at radius 2 is 1.88 bits per heavy atom. The highest BCUT2D eigenvalue weighted by Gasteiger charge is 2.24. The Bertz CT molecular complexity index is 387. The molecule has 1 aromatic carbocycles. The van der Waals surface area contributed by atoms with Crippen LogP contribution in [-0.2, 0) is 5.41 Å². The van der Waals surface area contributed by atoms with Crippen LogP contribution in [-0.4, -0.2) is 6.54 Å². The molecule has 0 radical (unpaired) electrons. The standard InChI is InChI=1S/C15H23N/c1-10-9-16-14-7-6-12(15(3,4)5)8-13(14)11(10)2/h6-8,10-11,16H,9H2,1-5H3. The van der Waals surface area contributed by atoms with E-state index < -0.39 is 0 Å². The Morgan fingerprint density at radius 3 is 2.50 bits per heavy atom. The lowest BCUT2D eigenvalue weighted by Crippen LogP contribution is -2.24. The highest BCUT2D eigenvalue weighted by molar-refractivity contribution is 5.57. The molecule has 0 aliphatic carbocycles. The van der Waals surface area contributed by atoms with E-state index in [1.807, 2.05) is 0 Å².